The summed E-state index contributed by atoms with van der Waals surface area (Å²) in [6, 6.07) is 1.72. The molecule has 1 fully saturated rings. The summed E-state index contributed by atoms with van der Waals surface area (Å²) in [6.45, 7) is 1.57. The van der Waals surface area contributed by atoms with Crippen molar-refractivity contribution in [1.29, 1.82) is 0 Å². The topological polar surface area (TPSA) is 48.1 Å². The van der Waals surface area contributed by atoms with Gasteiger partial charge in [-0.15, -0.1) is 0 Å². The number of thioether (sulfide) groups is 1. The second kappa shape index (κ2) is 3.74. The van der Waals surface area contributed by atoms with Gasteiger partial charge in [0.1, 0.15) is 5.03 Å². The van der Waals surface area contributed by atoms with Crippen LogP contribution in [-0.4, -0.2) is 23.4 Å². The van der Waals surface area contributed by atoms with Gasteiger partial charge in [0.2, 0.25) is 0 Å². The van der Waals surface area contributed by atoms with Gasteiger partial charge >= 0.3 is 0 Å². The number of halogens is 1. The number of pyridine rings is 1. The van der Waals surface area contributed by atoms with Gasteiger partial charge in [-0.2, -0.15) is 0 Å². The van der Waals surface area contributed by atoms with Gasteiger partial charge in [0.25, 0.3) is 0 Å². The molecule has 3 nitrogen and oxygen atoms in total. The van der Waals surface area contributed by atoms with Crippen LogP contribution in [0.15, 0.2) is 17.3 Å². The lowest BCUT2D eigenvalue weighted by atomic mass is 10.4. The third kappa shape index (κ3) is 2.07. The van der Waals surface area contributed by atoms with Crippen LogP contribution in [0.25, 0.3) is 0 Å². The highest BCUT2D eigenvalue weighted by atomic mass is 35.5. The maximum atomic E-state index is 5.95. The number of nitrogen functional groups attached to an aromatic ring is 1. The van der Waals surface area contributed by atoms with E-state index in [1.54, 1.807) is 24.0 Å². The molecule has 0 atom stereocenters. The number of hydrogen-bond acceptors (Lipinski definition) is 4. The SMILES string of the molecule is Nc1cnc(SC2COC2)c(Cl)c1. The predicted molar refractivity (Wildman–Crippen MR) is 54.1 cm³/mol. The fraction of sp³-hybridized carbons (Fsp3) is 0.375. The van der Waals surface area contributed by atoms with Gasteiger partial charge < -0.3 is 10.5 Å². The molecule has 2 rings (SSSR count). The Morgan fingerprint density at radius 3 is 2.92 bits per heavy atom. The lowest BCUT2D eigenvalue weighted by molar-refractivity contribution is 0.0455. The first-order valence-corrected chi connectivity index (χ1v) is 5.17. The highest BCUT2D eigenvalue weighted by Gasteiger charge is 2.21. The van der Waals surface area contributed by atoms with Crippen molar-refractivity contribution in [2.24, 2.45) is 0 Å². The van der Waals surface area contributed by atoms with Crippen LogP contribution in [-0.2, 0) is 4.74 Å². The first kappa shape index (κ1) is 9.12. The zero-order chi connectivity index (χ0) is 9.26. The summed E-state index contributed by atoms with van der Waals surface area (Å²) in [7, 11) is 0. The van der Waals surface area contributed by atoms with Crippen molar-refractivity contribution >= 4 is 29.1 Å². The van der Waals surface area contributed by atoms with Gasteiger partial charge in [-0.1, -0.05) is 23.4 Å². The van der Waals surface area contributed by atoms with E-state index in [0.29, 0.717) is 16.0 Å². The van der Waals surface area contributed by atoms with E-state index < -0.39 is 0 Å². The van der Waals surface area contributed by atoms with Crippen LogP contribution >= 0.6 is 23.4 Å². The zero-order valence-corrected chi connectivity index (χ0v) is 8.44. The van der Waals surface area contributed by atoms with Crippen LogP contribution in [0.1, 0.15) is 0 Å². The maximum Gasteiger partial charge on any atom is 0.115 e. The van der Waals surface area contributed by atoms with E-state index in [1.807, 2.05) is 0 Å². The van der Waals surface area contributed by atoms with E-state index in [4.69, 9.17) is 22.1 Å². The van der Waals surface area contributed by atoms with Crippen LogP contribution in [0.5, 0.6) is 0 Å². The lowest BCUT2D eigenvalue weighted by Crippen LogP contribution is -2.30. The van der Waals surface area contributed by atoms with E-state index in [-0.39, 0.29) is 0 Å². The van der Waals surface area contributed by atoms with Gasteiger partial charge in [-0.25, -0.2) is 4.98 Å². The normalized spacial score (nSPS) is 17.0. The molecular formula is C8H9ClN2OS. The van der Waals surface area contributed by atoms with Crippen molar-refractivity contribution in [3.05, 3.63) is 17.3 Å². The molecule has 0 aromatic carbocycles. The molecule has 70 valence electrons. The quantitative estimate of drug-likeness (QED) is 0.819. The maximum absolute atomic E-state index is 5.95. The molecule has 13 heavy (non-hydrogen) atoms. The number of hydrogen-bond donors (Lipinski definition) is 1. The van der Waals surface area contributed by atoms with E-state index in [9.17, 15) is 0 Å². The summed E-state index contributed by atoms with van der Waals surface area (Å²) in [5.41, 5.74) is 6.12. The van der Waals surface area contributed by atoms with Crippen molar-refractivity contribution in [1.82, 2.24) is 4.98 Å². The fourth-order valence-corrected chi connectivity index (χ4v) is 2.20. The van der Waals surface area contributed by atoms with Crippen LogP contribution in [0.2, 0.25) is 5.02 Å². The summed E-state index contributed by atoms with van der Waals surface area (Å²) < 4.78 is 5.05. The van der Waals surface area contributed by atoms with E-state index in [2.05, 4.69) is 4.98 Å². The molecule has 1 aromatic heterocycles. The summed E-state index contributed by atoms with van der Waals surface area (Å²) in [5.74, 6) is 0. The highest BCUT2D eigenvalue weighted by molar-refractivity contribution is 8.00. The number of ether oxygens (including phenoxy) is 1. The number of anilines is 1. The smallest absolute Gasteiger partial charge is 0.115 e. The number of aromatic nitrogens is 1. The number of nitrogens with zero attached hydrogens (tertiary/aromatic N) is 1. The van der Waals surface area contributed by atoms with Crippen LogP contribution in [0.3, 0.4) is 0 Å². The van der Waals surface area contributed by atoms with Crippen molar-refractivity contribution in [2.45, 2.75) is 10.3 Å². The van der Waals surface area contributed by atoms with Gasteiger partial charge in [-0.3, -0.25) is 0 Å². The molecule has 1 aliphatic heterocycles. The largest absolute Gasteiger partial charge is 0.397 e. The average Bonchev–Trinajstić information content (AvgIpc) is 1.99. The molecule has 0 radical (unpaired) electrons. The van der Waals surface area contributed by atoms with Crippen LogP contribution < -0.4 is 5.73 Å². The Kier molecular flexibility index (Phi) is 2.62. The lowest BCUT2D eigenvalue weighted by Gasteiger charge is -2.24. The Bertz CT molecular complexity index is 317. The summed E-state index contributed by atoms with van der Waals surface area (Å²) in [5, 5.41) is 1.95. The average molecular weight is 217 g/mol. The Balaban J connectivity index is 2.10. The minimum Gasteiger partial charge on any atom is -0.397 e. The Labute approximate surface area is 85.6 Å². The molecule has 0 aliphatic carbocycles. The first-order valence-electron chi connectivity index (χ1n) is 3.91. The monoisotopic (exact) mass is 216 g/mol. The molecule has 0 amide bonds. The summed E-state index contributed by atoms with van der Waals surface area (Å²) >= 11 is 7.59. The van der Waals surface area contributed by atoms with Crippen molar-refractivity contribution in [3.8, 4) is 0 Å². The fourth-order valence-electron chi connectivity index (χ4n) is 0.967. The third-order valence-electron chi connectivity index (χ3n) is 1.71. The summed E-state index contributed by atoms with van der Waals surface area (Å²) in [6.07, 6.45) is 1.62. The Morgan fingerprint density at radius 1 is 1.62 bits per heavy atom. The first-order chi connectivity index (χ1) is 6.25. The molecule has 1 aromatic rings. The number of rotatable bonds is 2. The molecule has 0 saturated carbocycles. The van der Waals surface area contributed by atoms with Crippen molar-refractivity contribution in [2.75, 3.05) is 18.9 Å². The van der Waals surface area contributed by atoms with Crippen molar-refractivity contribution in [3.63, 3.8) is 0 Å². The second-order valence-electron chi connectivity index (χ2n) is 2.83. The minimum absolute atomic E-state index is 0.494. The predicted octanol–water partition coefficient (Wildman–Crippen LogP) is 1.81. The van der Waals surface area contributed by atoms with Crippen LogP contribution in [0, 0.1) is 0 Å². The molecule has 1 aliphatic rings. The standard InChI is InChI=1S/C8H9ClN2OS/c9-7-1-5(10)2-11-8(7)13-6-3-12-4-6/h1-2,6H,3-4,10H2. The highest BCUT2D eigenvalue weighted by Crippen LogP contribution is 2.32. The van der Waals surface area contributed by atoms with Gasteiger partial charge in [0.05, 0.1) is 35.4 Å². The summed E-state index contributed by atoms with van der Waals surface area (Å²) in [4.78, 5) is 4.15. The molecule has 2 heterocycles. The molecule has 0 bridgehead atoms. The molecule has 5 heteroatoms. The Hall–Kier alpha value is -0.450. The molecule has 2 N–H and O–H groups in total. The molecule has 0 spiro atoms. The van der Waals surface area contributed by atoms with E-state index >= 15 is 0 Å². The van der Waals surface area contributed by atoms with E-state index in [0.717, 1.165) is 18.2 Å². The van der Waals surface area contributed by atoms with Gasteiger partial charge in [0, 0.05) is 0 Å². The second-order valence-corrected chi connectivity index (χ2v) is 4.53. The minimum atomic E-state index is 0.494. The van der Waals surface area contributed by atoms with Gasteiger partial charge in [-0.05, 0) is 6.07 Å². The molecule has 1 saturated heterocycles. The third-order valence-corrected chi connectivity index (χ3v) is 3.27. The van der Waals surface area contributed by atoms with Crippen LogP contribution in [0.4, 0.5) is 5.69 Å². The van der Waals surface area contributed by atoms with Crippen molar-refractivity contribution < 1.29 is 4.74 Å². The Morgan fingerprint density at radius 2 is 2.38 bits per heavy atom. The van der Waals surface area contributed by atoms with Gasteiger partial charge in [0.15, 0.2) is 0 Å². The number of nitrogens with two attached hydrogens (primary N) is 1. The molecule has 0 unspecified atom stereocenters. The molecular weight excluding hydrogens is 208 g/mol. The van der Waals surface area contributed by atoms with E-state index in [1.165, 1.54) is 0 Å². The zero-order valence-electron chi connectivity index (χ0n) is 6.87.